The topological polar surface area (TPSA) is 91.6 Å². The fraction of sp³-hybridized carbons (Fsp3) is 0.273. The molecule has 0 aliphatic carbocycles. The Hall–Kier alpha value is -3.88. The van der Waals surface area contributed by atoms with E-state index in [-0.39, 0.29) is 35.7 Å². The van der Waals surface area contributed by atoms with Crippen molar-refractivity contribution in [1.82, 2.24) is 4.57 Å². The number of aliphatic carboxylic acids is 1. The lowest BCUT2D eigenvalue weighted by Crippen LogP contribution is -2.20. The van der Waals surface area contributed by atoms with Crippen molar-refractivity contribution in [3.8, 4) is 22.4 Å². The maximum atomic E-state index is 14.1. The second kappa shape index (κ2) is 13.7. The van der Waals surface area contributed by atoms with Crippen LogP contribution in [0.3, 0.4) is 0 Å². The molecule has 0 fully saturated rings. The lowest BCUT2D eigenvalue weighted by Gasteiger charge is -2.20. The molecule has 8 heteroatoms. The second-order valence-corrected chi connectivity index (χ2v) is 11.1. The lowest BCUT2D eigenvalue weighted by molar-refractivity contribution is -0.139. The highest BCUT2D eigenvalue weighted by Crippen LogP contribution is 2.42. The Morgan fingerprint density at radius 2 is 1.54 bits per heavy atom. The predicted molar refractivity (Wildman–Crippen MR) is 164 cm³/mol. The summed E-state index contributed by atoms with van der Waals surface area (Å²) in [6.07, 6.45) is -0.628. The first-order chi connectivity index (χ1) is 19.7. The predicted octanol–water partition coefficient (Wildman–Crippen LogP) is 7.25. The molecule has 3 aromatic carbocycles. The number of benzene rings is 3. The molecule has 3 N–H and O–H groups in total. The van der Waals surface area contributed by atoms with E-state index in [0.717, 1.165) is 28.1 Å². The van der Waals surface area contributed by atoms with Crippen LogP contribution < -0.4 is 5.32 Å². The van der Waals surface area contributed by atoms with Gasteiger partial charge in [-0.25, -0.2) is 4.39 Å². The summed E-state index contributed by atoms with van der Waals surface area (Å²) in [4.78, 5) is 25.1. The average Bonchev–Trinajstić information content (AvgIpc) is 3.28. The van der Waals surface area contributed by atoms with Crippen LogP contribution in [0.2, 0.25) is 0 Å². The minimum absolute atomic E-state index is 0.0563. The molecule has 0 bridgehead atoms. The van der Waals surface area contributed by atoms with E-state index in [0.29, 0.717) is 24.2 Å². The van der Waals surface area contributed by atoms with Gasteiger partial charge in [0.25, 0.3) is 5.91 Å². The van der Waals surface area contributed by atoms with Gasteiger partial charge in [-0.1, -0.05) is 62.4 Å². The number of nitrogens with one attached hydrogen (secondary N) is 1. The van der Waals surface area contributed by atoms with E-state index in [9.17, 15) is 19.1 Å². The van der Waals surface area contributed by atoms with Crippen molar-refractivity contribution >= 4 is 30.2 Å². The molecule has 41 heavy (non-hydrogen) atoms. The number of hydrogen-bond acceptors (Lipinski definition) is 4. The van der Waals surface area contributed by atoms with Crippen molar-refractivity contribution in [3.05, 3.63) is 102 Å². The number of rotatable bonds is 12. The number of anilines is 1. The third kappa shape index (κ3) is 7.45. The number of carbonyl (C=O) groups excluding carboxylic acids is 1. The molecule has 0 aliphatic rings. The Labute approximate surface area is 245 Å². The molecule has 0 saturated heterocycles. The fourth-order valence-electron chi connectivity index (χ4n) is 5.20. The van der Waals surface area contributed by atoms with Crippen LogP contribution in [0.5, 0.6) is 0 Å². The van der Waals surface area contributed by atoms with E-state index in [1.807, 2.05) is 74.5 Å². The van der Waals surface area contributed by atoms with Gasteiger partial charge >= 0.3 is 5.97 Å². The number of para-hydroxylation sites is 1. The normalized spacial score (nSPS) is 12.7. The smallest absolute Gasteiger partial charge is 0.305 e. The van der Waals surface area contributed by atoms with Gasteiger partial charge in [-0.15, -0.1) is 0 Å². The van der Waals surface area contributed by atoms with Crippen molar-refractivity contribution in [1.29, 1.82) is 0 Å². The number of aromatic nitrogens is 1. The second-order valence-electron chi connectivity index (χ2n) is 10.4. The van der Waals surface area contributed by atoms with Gasteiger partial charge < -0.3 is 20.1 Å². The quantitative estimate of drug-likeness (QED) is 0.134. The number of carboxylic acids is 1. The number of aliphatic hydroxyl groups excluding tert-OH is 1. The van der Waals surface area contributed by atoms with Crippen molar-refractivity contribution in [2.24, 2.45) is 0 Å². The molecule has 0 radical (unpaired) electrons. The molecule has 6 nitrogen and oxygen atoms in total. The standard InChI is InChI=1S/C33H35FN2O4S/c1-21(2)31-30(33(40)35-25-11-7-4-8-12-25)29(22-9-5-3-6-10-22)32(23-13-15-24(34)16-14-23)36(31)18-17-27(41)19-26(37)20-28(38)39/h3-16,21,26-27,37,41H,17-20H2,1-2H3,(H,35,40)(H,38,39)/t26-,27-/m1/s1. The van der Waals surface area contributed by atoms with Crippen LogP contribution in [-0.4, -0.2) is 38.0 Å². The average molecular weight is 575 g/mol. The van der Waals surface area contributed by atoms with Crippen LogP contribution in [0.15, 0.2) is 84.9 Å². The summed E-state index contributed by atoms with van der Waals surface area (Å²) in [6.45, 7) is 4.51. The van der Waals surface area contributed by atoms with Crippen LogP contribution in [0.25, 0.3) is 22.4 Å². The molecule has 1 heterocycles. The van der Waals surface area contributed by atoms with Gasteiger partial charge in [0, 0.05) is 28.7 Å². The first kappa shape index (κ1) is 30.1. The number of nitrogens with zero attached hydrogens (tertiary/aromatic N) is 1. The first-order valence-electron chi connectivity index (χ1n) is 13.7. The zero-order valence-electron chi connectivity index (χ0n) is 23.1. The number of aliphatic hydroxyl groups is 1. The molecule has 2 atom stereocenters. The minimum atomic E-state index is -1.06. The van der Waals surface area contributed by atoms with Crippen molar-refractivity contribution in [2.75, 3.05) is 5.32 Å². The summed E-state index contributed by atoms with van der Waals surface area (Å²) < 4.78 is 16.1. The highest BCUT2D eigenvalue weighted by atomic mass is 32.1. The molecule has 0 aliphatic heterocycles. The Balaban J connectivity index is 1.89. The fourth-order valence-corrected chi connectivity index (χ4v) is 5.56. The molecule has 0 saturated carbocycles. The summed E-state index contributed by atoms with van der Waals surface area (Å²) in [7, 11) is 0. The van der Waals surface area contributed by atoms with E-state index in [1.54, 1.807) is 12.1 Å². The van der Waals surface area contributed by atoms with Gasteiger partial charge in [-0.2, -0.15) is 12.6 Å². The van der Waals surface area contributed by atoms with Crippen molar-refractivity contribution in [2.45, 2.75) is 56.9 Å². The van der Waals surface area contributed by atoms with Crippen molar-refractivity contribution in [3.63, 3.8) is 0 Å². The molecular formula is C33H35FN2O4S. The van der Waals surface area contributed by atoms with Crippen molar-refractivity contribution < 1.29 is 24.2 Å². The Morgan fingerprint density at radius 1 is 0.927 bits per heavy atom. The van der Waals surface area contributed by atoms with E-state index in [4.69, 9.17) is 5.11 Å². The third-order valence-corrected chi connectivity index (χ3v) is 7.40. The Morgan fingerprint density at radius 3 is 2.12 bits per heavy atom. The van der Waals surface area contributed by atoms with Crippen LogP contribution in [0, 0.1) is 5.82 Å². The zero-order valence-corrected chi connectivity index (χ0v) is 24.0. The van der Waals surface area contributed by atoms with Crippen LogP contribution >= 0.6 is 12.6 Å². The summed E-state index contributed by atoms with van der Waals surface area (Å²) in [5.74, 6) is -1.73. The van der Waals surface area contributed by atoms with E-state index in [2.05, 4.69) is 22.5 Å². The number of halogens is 1. The van der Waals surface area contributed by atoms with Gasteiger partial charge in [0.05, 0.1) is 23.8 Å². The van der Waals surface area contributed by atoms with Gasteiger partial charge in [0.1, 0.15) is 5.82 Å². The number of hydrogen-bond donors (Lipinski definition) is 4. The van der Waals surface area contributed by atoms with Gasteiger partial charge in [-0.05, 0) is 66.3 Å². The van der Waals surface area contributed by atoms with Crippen LogP contribution in [0.1, 0.15) is 55.1 Å². The third-order valence-electron chi connectivity index (χ3n) is 6.93. The molecule has 1 aromatic heterocycles. The van der Waals surface area contributed by atoms with Crippen LogP contribution in [-0.2, 0) is 11.3 Å². The van der Waals surface area contributed by atoms with Gasteiger partial charge in [0.2, 0.25) is 0 Å². The molecular weight excluding hydrogens is 539 g/mol. The maximum Gasteiger partial charge on any atom is 0.305 e. The number of carbonyl (C=O) groups is 2. The first-order valence-corrected chi connectivity index (χ1v) is 14.2. The summed E-state index contributed by atoms with van der Waals surface area (Å²) in [5, 5.41) is 22.0. The summed E-state index contributed by atoms with van der Waals surface area (Å²) in [5.41, 5.74) is 5.17. The number of amides is 1. The molecule has 4 rings (SSSR count). The summed E-state index contributed by atoms with van der Waals surface area (Å²) in [6, 6.07) is 25.2. The monoisotopic (exact) mass is 574 g/mol. The van der Waals surface area contributed by atoms with E-state index >= 15 is 0 Å². The van der Waals surface area contributed by atoms with E-state index in [1.165, 1.54) is 12.1 Å². The zero-order chi connectivity index (χ0) is 29.5. The molecule has 4 aromatic rings. The van der Waals surface area contributed by atoms with Gasteiger partial charge in [0.15, 0.2) is 0 Å². The molecule has 0 unspecified atom stereocenters. The number of carboxylic acid groups (broad SMARTS) is 1. The lowest BCUT2D eigenvalue weighted by atomic mass is 9.94. The molecule has 1 amide bonds. The minimum Gasteiger partial charge on any atom is -0.481 e. The highest BCUT2D eigenvalue weighted by molar-refractivity contribution is 7.80. The van der Waals surface area contributed by atoms with Crippen LogP contribution in [0.4, 0.5) is 10.1 Å². The van der Waals surface area contributed by atoms with Gasteiger partial charge in [-0.3, -0.25) is 9.59 Å². The van der Waals surface area contributed by atoms with E-state index < -0.39 is 12.1 Å². The molecule has 214 valence electrons. The Bertz CT molecular complexity index is 1470. The molecule has 0 spiro atoms. The maximum absolute atomic E-state index is 14.1. The Kier molecular flexibility index (Phi) is 10.0. The number of thiol groups is 1. The SMILES string of the molecule is CC(C)c1c(C(=O)Nc2ccccc2)c(-c2ccccc2)c(-c2ccc(F)cc2)n1CC[C@@H](S)C[C@@H](O)CC(=O)O. The summed E-state index contributed by atoms with van der Waals surface area (Å²) >= 11 is 4.66. The largest absolute Gasteiger partial charge is 0.481 e. The highest BCUT2D eigenvalue weighted by Gasteiger charge is 2.30.